The molecule has 0 bridgehead atoms. The Morgan fingerprint density at radius 3 is 2.43 bits per heavy atom. The molecule has 0 radical (unpaired) electrons. The lowest BCUT2D eigenvalue weighted by Gasteiger charge is -2.13. The molecule has 116 valence electrons. The summed E-state index contributed by atoms with van der Waals surface area (Å²) in [5, 5.41) is 3.97. The van der Waals surface area contributed by atoms with Gasteiger partial charge in [-0.1, -0.05) is 13.8 Å². The Hall–Kier alpha value is -1.56. The van der Waals surface area contributed by atoms with Gasteiger partial charge in [-0.2, -0.15) is 0 Å². The van der Waals surface area contributed by atoms with Crippen molar-refractivity contribution in [2.75, 3.05) is 18.2 Å². The summed E-state index contributed by atoms with van der Waals surface area (Å²) in [4.78, 5) is 24.6. The number of nitrogens with one attached hydrogen (secondary N) is 1. The van der Waals surface area contributed by atoms with E-state index in [2.05, 4.69) is 12.2 Å². The van der Waals surface area contributed by atoms with Crippen LogP contribution in [0.3, 0.4) is 0 Å². The highest BCUT2D eigenvalue weighted by atomic mass is 32.1. The van der Waals surface area contributed by atoms with Crippen molar-refractivity contribution in [2.45, 2.75) is 39.7 Å². The molecule has 1 aliphatic rings. The quantitative estimate of drug-likeness (QED) is 0.623. The number of carbonyl (C=O) groups excluding carboxylic acids is 2. The average Bonchev–Trinajstić information content (AvgIpc) is 3.23. The summed E-state index contributed by atoms with van der Waals surface area (Å²) in [5.41, 5.74) is 6.56. The summed E-state index contributed by atoms with van der Waals surface area (Å²) in [6.07, 6.45) is 2.39. The number of nitrogens with two attached hydrogens (primary N) is 1. The lowest BCUT2D eigenvalue weighted by Crippen LogP contribution is -2.18. The van der Waals surface area contributed by atoms with Crippen LogP contribution in [-0.4, -0.2) is 24.9 Å². The van der Waals surface area contributed by atoms with Crippen molar-refractivity contribution in [1.29, 1.82) is 0 Å². The molecule has 1 aromatic rings. The number of ether oxygens (including phenoxy) is 1. The van der Waals surface area contributed by atoms with Crippen LogP contribution in [0.25, 0.3) is 0 Å². The number of rotatable bonds is 6. The first kappa shape index (κ1) is 15.8. The van der Waals surface area contributed by atoms with E-state index in [0.717, 1.165) is 0 Å². The zero-order valence-electron chi connectivity index (χ0n) is 12.9. The zero-order valence-corrected chi connectivity index (χ0v) is 13.7. The molecule has 21 heavy (non-hydrogen) atoms. The molecule has 1 aliphatic carbocycles. The molecule has 1 aromatic heterocycles. The van der Waals surface area contributed by atoms with Gasteiger partial charge in [0.15, 0.2) is 5.78 Å². The maximum absolute atomic E-state index is 12.2. The van der Waals surface area contributed by atoms with Crippen molar-refractivity contribution >= 4 is 33.8 Å². The monoisotopic (exact) mass is 310 g/mol. The van der Waals surface area contributed by atoms with Gasteiger partial charge in [0, 0.05) is 12.0 Å². The van der Waals surface area contributed by atoms with E-state index < -0.39 is 5.97 Å². The summed E-state index contributed by atoms with van der Waals surface area (Å²) < 4.78 is 4.81. The minimum Gasteiger partial charge on any atom is -0.465 e. The third kappa shape index (κ3) is 3.20. The molecule has 0 amide bonds. The van der Waals surface area contributed by atoms with Crippen LogP contribution < -0.4 is 11.1 Å². The van der Waals surface area contributed by atoms with Crippen molar-refractivity contribution in [3.8, 4) is 0 Å². The first-order valence-corrected chi connectivity index (χ1v) is 7.99. The average molecular weight is 310 g/mol. The minimum absolute atomic E-state index is 0.0465. The number of thiophene rings is 1. The SMILES string of the molecule is COC(=O)c1c(NC(C)C2CC2)sc(C(=O)C(C)C)c1N. The summed E-state index contributed by atoms with van der Waals surface area (Å²) in [6.45, 7) is 5.72. The van der Waals surface area contributed by atoms with Gasteiger partial charge in [-0.15, -0.1) is 11.3 Å². The van der Waals surface area contributed by atoms with Gasteiger partial charge in [-0.3, -0.25) is 4.79 Å². The lowest BCUT2D eigenvalue weighted by atomic mass is 10.1. The molecule has 1 atom stereocenters. The normalized spacial score (nSPS) is 15.9. The topological polar surface area (TPSA) is 81.4 Å². The second-order valence-corrected chi connectivity index (χ2v) is 6.85. The fourth-order valence-corrected chi connectivity index (χ4v) is 3.51. The van der Waals surface area contributed by atoms with Crippen LogP contribution in [0.4, 0.5) is 10.7 Å². The summed E-state index contributed by atoms with van der Waals surface area (Å²) in [5.74, 6) is -0.0833. The van der Waals surface area contributed by atoms with Crippen LogP contribution in [0.2, 0.25) is 0 Å². The van der Waals surface area contributed by atoms with E-state index in [0.29, 0.717) is 21.4 Å². The summed E-state index contributed by atoms with van der Waals surface area (Å²) >= 11 is 1.25. The Labute approximate surface area is 128 Å². The van der Waals surface area contributed by atoms with E-state index in [1.54, 1.807) is 0 Å². The number of anilines is 2. The Morgan fingerprint density at radius 2 is 1.95 bits per heavy atom. The highest BCUT2D eigenvalue weighted by Gasteiger charge is 2.32. The molecule has 3 N–H and O–H groups in total. The zero-order chi connectivity index (χ0) is 15.7. The van der Waals surface area contributed by atoms with E-state index in [1.165, 1.54) is 31.3 Å². The number of carbonyl (C=O) groups is 2. The lowest BCUT2D eigenvalue weighted by molar-refractivity contribution is 0.0603. The second kappa shape index (κ2) is 6.05. The number of Topliss-reactive ketones (excluding diaryl/α,β-unsaturated/α-hetero) is 1. The fraction of sp³-hybridized carbons (Fsp3) is 0.600. The third-order valence-corrected chi connectivity index (χ3v) is 4.92. The Balaban J connectivity index is 2.38. The molecule has 1 heterocycles. The molecule has 1 fully saturated rings. The first-order valence-electron chi connectivity index (χ1n) is 7.18. The van der Waals surface area contributed by atoms with E-state index >= 15 is 0 Å². The van der Waals surface area contributed by atoms with Crippen LogP contribution >= 0.6 is 11.3 Å². The van der Waals surface area contributed by atoms with E-state index in [1.807, 2.05) is 13.8 Å². The maximum Gasteiger partial charge on any atom is 0.343 e. The van der Waals surface area contributed by atoms with Crippen LogP contribution in [0.15, 0.2) is 0 Å². The number of hydrogen-bond donors (Lipinski definition) is 2. The van der Waals surface area contributed by atoms with Crippen molar-refractivity contribution in [2.24, 2.45) is 11.8 Å². The summed E-state index contributed by atoms with van der Waals surface area (Å²) in [6, 6.07) is 0.258. The smallest absolute Gasteiger partial charge is 0.343 e. The number of ketones is 1. The first-order chi connectivity index (χ1) is 9.86. The molecule has 0 spiro atoms. The van der Waals surface area contributed by atoms with Crippen LogP contribution in [0, 0.1) is 11.8 Å². The fourth-order valence-electron chi connectivity index (χ4n) is 2.22. The van der Waals surface area contributed by atoms with Crippen LogP contribution in [0.5, 0.6) is 0 Å². The highest BCUT2D eigenvalue weighted by molar-refractivity contribution is 7.19. The van der Waals surface area contributed by atoms with Crippen LogP contribution in [-0.2, 0) is 4.74 Å². The van der Waals surface area contributed by atoms with Crippen molar-refractivity contribution in [3.05, 3.63) is 10.4 Å². The molecule has 2 rings (SSSR count). The molecule has 0 saturated heterocycles. The number of esters is 1. The largest absolute Gasteiger partial charge is 0.465 e. The van der Waals surface area contributed by atoms with E-state index in [9.17, 15) is 9.59 Å². The Bertz CT molecular complexity index is 562. The maximum atomic E-state index is 12.2. The van der Waals surface area contributed by atoms with Crippen molar-refractivity contribution in [3.63, 3.8) is 0 Å². The molecule has 1 saturated carbocycles. The standard InChI is InChI=1S/C15H22N2O3S/c1-7(2)12(18)13-11(16)10(15(19)20-4)14(21-13)17-8(3)9-5-6-9/h7-9,17H,5-6,16H2,1-4H3. The third-order valence-electron chi connectivity index (χ3n) is 3.77. The van der Waals surface area contributed by atoms with Crippen molar-refractivity contribution < 1.29 is 14.3 Å². The molecule has 0 aliphatic heterocycles. The number of hydrogen-bond acceptors (Lipinski definition) is 6. The molecular weight excluding hydrogens is 288 g/mol. The van der Waals surface area contributed by atoms with Crippen LogP contribution in [0.1, 0.15) is 53.6 Å². The van der Waals surface area contributed by atoms with Crippen molar-refractivity contribution in [1.82, 2.24) is 0 Å². The van der Waals surface area contributed by atoms with Gasteiger partial charge in [0.05, 0.1) is 17.7 Å². The number of methoxy groups -OCH3 is 1. The van der Waals surface area contributed by atoms with Gasteiger partial charge >= 0.3 is 5.97 Å². The van der Waals surface area contributed by atoms with Gasteiger partial charge in [0.25, 0.3) is 0 Å². The second-order valence-electron chi connectivity index (χ2n) is 5.83. The molecule has 1 unspecified atom stereocenters. The van der Waals surface area contributed by atoms with E-state index in [-0.39, 0.29) is 23.4 Å². The van der Waals surface area contributed by atoms with Gasteiger partial charge in [-0.05, 0) is 25.7 Å². The highest BCUT2D eigenvalue weighted by Crippen LogP contribution is 2.40. The predicted molar refractivity (Wildman–Crippen MR) is 85.0 cm³/mol. The summed E-state index contributed by atoms with van der Waals surface area (Å²) in [7, 11) is 1.32. The number of nitrogen functional groups attached to an aromatic ring is 1. The molecular formula is C15H22N2O3S. The van der Waals surface area contributed by atoms with Gasteiger partial charge in [-0.25, -0.2) is 4.79 Å². The molecule has 5 nitrogen and oxygen atoms in total. The molecule has 0 aromatic carbocycles. The minimum atomic E-state index is -0.503. The van der Waals surface area contributed by atoms with E-state index in [4.69, 9.17) is 10.5 Å². The Kier molecular flexibility index (Phi) is 4.56. The predicted octanol–water partition coefficient (Wildman–Crippen LogP) is 3.17. The van der Waals surface area contributed by atoms with Gasteiger partial charge < -0.3 is 15.8 Å². The Morgan fingerprint density at radius 1 is 1.33 bits per heavy atom. The van der Waals surface area contributed by atoms with Gasteiger partial charge in [0.1, 0.15) is 10.6 Å². The van der Waals surface area contributed by atoms with Gasteiger partial charge in [0.2, 0.25) is 0 Å². The molecule has 6 heteroatoms.